The lowest BCUT2D eigenvalue weighted by molar-refractivity contribution is -0.0923. The summed E-state index contributed by atoms with van der Waals surface area (Å²) in [5.41, 5.74) is 5.58. The standard InChI is InChI=1S/C19H16F4N6O/c1-9-6-10(7-13(25-9)19(21,22)23)15-16(11-4-2-3-5-12(11)20)27-18(24)29-17(15)26-14(8-30)28-29/h2-3,5,7,30H,4,6,8H2,1H3,(H2,24,27). The van der Waals surface area contributed by atoms with Gasteiger partial charge >= 0.3 is 6.18 Å². The molecule has 0 spiro atoms. The molecule has 1 aliphatic carbocycles. The number of allylic oxidation sites excluding steroid dienone is 6. The van der Waals surface area contributed by atoms with E-state index in [0.717, 1.165) is 10.6 Å². The van der Waals surface area contributed by atoms with Crippen LogP contribution in [0.25, 0.3) is 16.8 Å². The van der Waals surface area contributed by atoms with E-state index in [1.54, 1.807) is 6.08 Å². The summed E-state index contributed by atoms with van der Waals surface area (Å²) in [5, 5.41) is 13.7. The SMILES string of the molecule is CC1=NC(C(F)(F)F)=CC(=c2c(=C3CC=CC=C3F)nc(N)n3nc(CO)nc23)C1. The van der Waals surface area contributed by atoms with Crippen LogP contribution >= 0.6 is 0 Å². The van der Waals surface area contributed by atoms with Gasteiger partial charge < -0.3 is 10.8 Å². The number of hydrogen-bond donors (Lipinski definition) is 2. The van der Waals surface area contributed by atoms with Crippen molar-refractivity contribution in [1.29, 1.82) is 0 Å². The number of nitrogens with zero attached hydrogens (tertiary/aromatic N) is 5. The maximum Gasteiger partial charge on any atom is 0.433 e. The van der Waals surface area contributed by atoms with E-state index in [0.29, 0.717) is 0 Å². The summed E-state index contributed by atoms with van der Waals surface area (Å²) in [6, 6.07) is 0. The third kappa shape index (κ3) is 3.41. The zero-order valence-corrected chi connectivity index (χ0v) is 15.7. The van der Waals surface area contributed by atoms with Crippen LogP contribution in [0.15, 0.2) is 40.8 Å². The number of aliphatic hydroxyl groups excluding tert-OH is 1. The molecule has 3 N–H and O–H groups in total. The third-order valence-corrected chi connectivity index (χ3v) is 4.65. The number of aliphatic imine (C=N–C) groups is 1. The topological polar surface area (TPSA) is 102 Å². The van der Waals surface area contributed by atoms with Gasteiger partial charge in [0, 0.05) is 22.9 Å². The second-order valence-corrected chi connectivity index (χ2v) is 6.82. The molecule has 0 atom stereocenters. The Labute approximate surface area is 167 Å². The Kier molecular flexibility index (Phi) is 4.77. The minimum atomic E-state index is -4.67. The molecule has 30 heavy (non-hydrogen) atoms. The van der Waals surface area contributed by atoms with Crippen LogP contribution in [0, 0.1) is 0 Å². The lowest BCUT2D eigenvalue weighted by atomic mass is 9.99. The Hall–Kier alpha value is -3.34. The van der Waals surface area contributed by atoms with E-state index in [-0.39, 0.29) is 57.7 Å². The average Bonchev–Trinajstić information content (AvgIpc) is 3.12. The highest BCUT2D eigenvalue weighted by atomic mass is 19.4. The second-order valence-electron chi connectivity index (χ2n) is 6.82. The zero-order chi connectivity index (χ0) is 21.6. The van der Waals surface area contributed by atoms with Crippen LogP contribution in [0.3, 0.4) is 0 Å². The highest BCUT2D eigenvalue weighted by Crippen LogP contribution is 2.31. The number of rotatable bonds is 1. The number of aliphatic hydroxyl groups is 1. The molecule has 2 aromatic heterocycles. The number of nitrogens with two attached hydrogens (primary N) is 1. The number of nitrogen functional groups attached to an aromatic ring is 1. The van der Waals surface area contributed by atoms with Crippen LogP contribution in [0.2, 0.25) is 0 Å². The molecule has 0 radical (unpaired) electrons. The average molecular weight is 420 g/mol. The van der Waals surface area contributed by atoms with Crippen LogP contribution in [0.4, 0.5) is 23.5 Å². The highest BCUT2D eigenvalue weighted by molar-refractivity contribution is 5.94. The van der Waals surface area contributed by atoms with Crippen molar-refractivity contribution in [3.63, 3.8) is 0 Å². The van der Waals surface area contributed by atoms with Crippen molar-refractivity contribution in [2.75, 3.05) is 5.73 Å². The summed E-state index contributed by atoms with van der Waals surface area (Å²) in [6.45, 7) is 0.962. The molecule has 2 aromatic rings. The quantitative estimate of drug-likeness (QED) is 0.683. The van der Waals surface area contributed by atoms with Gasteiger partial charge in [0.25, 0.3) is 0 Å². The van der Waals surface area contributed by atoms with Gasteiger partial charge in [-0.05, 0) is 31.1 Å². The minimum Gasteiger partial charge on any atom is -0.388 e. The van der Waals surface area contributed by atoms with Gasteiger partial charge in [0.05, 0.1) is 5.35 Å². The van der Waals surface area contributed by atoms with Crippen molar-refractivity contribution in [2.45, 2.75) is 32.5 Å². The monoisotopic (exact) mass is 420 g/mol. The first-order valence-electron chi connectivity index (χ1n) is 8.93. The van der Waals surface area contributed by atoms with E-state index in [1.807, 2.05) is 0 Å². The number of anilines is 1. The molecule has 0 unspecified atom stereocenters. The normalized spacial score (nSPS) is 20.9. The third-order valence-electron chi connectivity index (χ3n) is 4.65. The number of halogens is 4. The van der Waals surface area contributed by atoms with Gasteiger partial charge in [0.2, 0.25) is 5.95 Å². The minimum absolute atomic E-state index is 0.00766. The Balaban J connectivity index is 2.23. The molecule has 0 saturated carbocycles. The number of alkyl halides is 3. The molecule has 3 heterocycles. The summed E-state index contributed by atoms with van der Waals surface area (Å²) in [7, 11) is 0. The van der Waals surface area contributed by atoms with E-state index in [4.69, 9.17) is 5.73 Å². The largest absolute Gasteiger partial charge is 0.433 e. The van der Waals surface area contributed by atoms with Gasteiger partial charge in [-0.1, -0.05) is 12.2 Å². The van der Waals surface area contributed by atoms with Crippen LogP contribution in [-0.2, 0) is 6.61 Å². The van der Waals surface area contributed by atoms with Gasteiger partial charge in [0.1, 0.15) is 18.1 Å². The zero-order valence-electron chi connectivity index (χ0n) is 15.7. The molecular weight excluding hydrogens is 404 g/mol. The number of aromatic nitrogens is 4. The molecule has 0 aromatic carbocycles. The molecule has 0 amide bonds. The number of fused-ring (bicyclic) bond motifs is 1. The summed E-state index contributed by atoms with van der Waals surface area (Å²) in [6.07, 6.45) is 0.954. The van der Waals surface area contributed by atoms with Crippen molar-refractivity contribution in [3.8, 4) is 0 Å². The summed E-state index contributed by atoms with van der Waals surface area (Å²) < 4.78 is 55.9. The molecule has 2 aliphatic rings. The molecule has 0 bridgehead atoms. The van der Waals surface area contributed by atoms with Crippen LogP contribution in [-0.4, -0.2) is 36.6 Å². The number of hydrogen-bond acceptors (Lipinski definition) is 6. The molecule has 4 rings (SSSR count). The molecular formula is C19H16F4N6O. The summed E-state index contributed by atoms with van der Waals surface area (Å²) >= 11 is 0. The Morgan fingerprint density at radius 1 is 1.27 bits per heavy atom. The molecule has 0 fully saturated rings. The fraction of sp³-hybridized carbons (Fsp3) is 0.263. The molecule has 11 heteroatoms. The van der Waals surface area contributed by atoms with Gasteiger partial charge in [0.15, 0.2) is 11.5 Å². The first-order chi connectivity index (χ1) is 14.2. The van der Waals surface area contributed by atoms with Crippen molar-refractivity contribution in [3.05, 3.63) is 52.2 Å². The van der Waals surface area contributed by atoms with Crippen molar-refractivity contribution < 1.29 is 22.7 Å². The lowest BCUT2D eigenvalue weighted by Gasteiger charge is -2.16. The molecule has 7 nitrogen and oxygen atoms in total. The highest BCUT2D eigenvalue weighted by Gasteiger charge is 2.35. The molecule has 0 saturated heterocycles. The van der Waals surface area contributed by atoms with Gasteiger partial charge in [-0.15, -0.1) is 5.10 Å². The maximum atomic E-state index is 14.6. The molecule has 1 aliphatic heterocycles. The smallest absolute Gasteiger partial charge is 0.388 e. The summed E-state index contributed by atoms with van der Waals surface area (Å²) in [5.74, 6) is -0.695. The molecule has 156 valence electrons. The predicted octanol–water partition coefficient (Wildman–Crippen LogP) is 1.62. The van der Waals surface area contributed by atoms with Crippen molar-refractivity contribution in [1.82, 2.24) is 19.6 Å². The summed E-state index contributed by atoms with van der Waals surface area (Å²) in [4.78, 5) is 12.0. The fourth-order valence-corrected chi connectivity index (χ4v) is 3.40. The van der Waals surface area contributed by atoms with E-state index in [2.05, 4.69) is 20.1 Å². The van der Waals surface area contributed by atoms with Crippen molar-refractivity contribution >= 4 is 28.5 Å². The second kappa shape index (κ2) is 7.17. The van der Waals surface area contributed by atoms with Crippen molar-refractivity contribution in [2.24, 2.45) is 4.99 Å². The van der Waals surface area contributed by atoms with Gasteiger partial charge in [-0.25, -0.2) is 14.4 Å². The predicted molar refractivity (Wildman–Crippen MR) is 102 cm³/mol. The van der Waals surface area contributed by atoms with Crippen LogP contribution in [0.1, 0.15) is 25.6 Å². The van der Waals surface area contributed by atoms with E-state index >= 15 is 0 Å². The van der Waals surface area contributed by atoms with E-state index < -0.39 is 24.3 Å². The fourth-order valence-electron chi connectivity index (χ4n) is 3.40. The van der Waals surface area contributed by atoms with Gasteiger partial charge in [-0.2, -0.15) is 17.7 Å². The Bertz CT molecular complexity index is 1300. The van der Waals surface area contributed by atoms with Crippen LogP contribution < -0.4 is 16.3 Å². The lowest BCUT2D eigenvalue weighted by Crippen LogP contribution is -2.37. The Morgan fingerprint density at radius 3 is 2.70 bits per heavy atom. The first-order valence-corrected chi connectivity index (χ1v) is 8.93. The van der Waals surface area contributed by atoms with E-state index in [9.17, 15) is 22.7 Å². The van der Waals surface area contributed by atoms with E-state index in [1.165, 1.54) is 19.1 Å². The Morgan fingerprint density at radius 2 is 2.03 bits per heavy atom. The van der Waals surface area contributed by atoms with Gasteiger partial charge in [-0.3, -0.25) is 4.99 Å². The van der Waals surface area contributed by atoms with Crippen LogP contribution in [0.5, 0.6) is 0 Å². The maximum absolute atomic E-state index is 14.6. The first kappa shape index (κ1) is 20.0.